The van der Waals surface area contributed by atoms with Gasteiger partial charge in [-0.05, 0) is 36.2 Å². The van der Waals surface area contributed by atoms with Crippen LogP contribution in [0.2, 0.25) is 5.02 Å². The third-order valence-corrected chi connectivity index (χ3v) is 3.99. The third-order valence-electron chi connectivity index (χ3n) is 3.74. The summed E-state index contributed by atoms with van der Waals surface area (Å²) in [5.41, 5.74) is 3.54. The number of hydrogen-bond donors (Lipinski definition) is 0. The average molecular weight is 299 g/mol. The van der Waals surface area contributed by atoms with E-state index in [9.17, 15) is 0 Å². The lowest BCUT2D eigenvalue weighted by Gasteiger charge is -2.09. The SMILES string of the molecule is CCCCc1nc2ccccc2n1Cc1ccc(Cl)cc1. The quantitative estimate of drug-likeness (QED) is 0.642. The minimum atomic E-state index is 0.778. The van der Waals surface area contributed by atoms with E-state index >= 15 is 0 Å². The molecule has 3 aromatic rings. The van der Waals surface area contributed by atoms with Gasteiger partial charge in [-0.25, -0.2) is 4.98 Å². The maximum Gasteiger partial charge on any atom is 0.110 e. The Labute approximate surface area is 130 Å². The molecule has 3 heteroatoms. The fraction of sp³-hybridized carbons (Fsp3) is 0.278. The van der Waals surface area contributed by atoms with Crippen molar-refractivity contribution in [1.82, 2.24) is 9.55 Å². The molecular weight excluding hydrogens is 280 g/mol. The summed E-state index contributed by atoms with van der Waals surface area (Å²) in [6.07, 6.45) is 3.38. The fourth-order valence-electron chi connectivity index (χ4n) is 2.60. The minimum Gasteiger partial charge on any atom is -0.323 e. The molecule has 0 fully saturated rings. The zero-order chi connectivity index (χ0) is 14.7. The standard InChI is InChI=1S/C18H19ClN2/c1-2-3-8-18-20-16-6-4-5-7-17(16)21(18)13-14-9-11-15(19)12-10-14/h4-7,9-12H,2-3,8,13H2,1H3. The van der Waals surface area contributed by atoms with Crippen LogP contribution >= 0.6 is 11.6 Å². The van der Waals surface area contributed by atoms with E-state index in [4.69, 9.17) is 16.6 Å². The highest BCUT2D eigenvalue weighted by molar-refractivity contribution is 6.30. The maximum atomic E-state index is 5.97. The van der Waals surface area contributed by atoms with Crippen molar-refractivity contribution in [3.8, 4) is 0 Å². The molecule has 2 nitrogen and oxygen atoms in total. The minimum absolute atomic E-state index is 0.778. The number of aryl methyl sites for hydroxylation is 1. The molecule has 0 spiro atoms. The van der Waals surface area contributed by atoms with Gasteiger partial charge in [-0.15, -0.1) is 0 Å². The Morgan fingerprint density at radius 2 is 1.81 bits per heavy atom. The Balaban J connectivity index is 1.99. The molecule has 2 aromatic carbocycles. The van der Waals surface area contributed by atoms with E-state index in [1.165, 1.54) is 29.7 Å². The fourth-order valence-corrected chi connectivity index (χ4v) is 2.73. The largest absolute Gasteiger partial charge is 0.323 e. The van der Waals surface area contributed by atoms with Crippen molar-refractivity contribution in [2.75, 3.05) is 0 Å². The first-order valence-corrected chi connectivity index (χ1v) is 7.84. The zero-order valence-electron chi connectivity index (χ0n) is 12.2. The Morgan fingerprint density at radius 3 is 2.57 bits per heavy atom. The van der Waals surface area contributed by atoms with Crippen LogP contribution in [-0.4, -0.2) is 9.55 Å². The summed E-state index contributed by atoms with van der Waals surface area (Å²) in [5, 5.41) is 0.778. The molecule has 0 aliphatic carbocycles. The second-order valence-corrected chi connectivity index (χ2v) is 5.77. The normalized spacial score (nSPS) is 11.1. The number of aromatic nitrogens is 2. The first-order chi connectivity index (χ1) is 10.3. The van der Waals surface area contributed by atoms with Crippen molar-refractivity contribution in [2.24, 2.45) is 0 Å². The second kappa shape index (κ2) is 6.31. The van der Waals surface area contributed by atoms with Gasteiger partial charge < -0.3 is 4.57 Å². The highest BCUT2D eigenvalue weighted by atomic mass is 35.5. The van der Waals surface area contributed by atoms with Crippen LogP contribution in [0.25, 0.3) is 11.0 Å². The predicted molar refractivity (Wildman–Crippen MR) is 88.9 cm³/mol. The predicted octanol–water partition coefficient (Wildman–Crippen LogP) is 5.08. The lowest BCUT2D eigenvalue weighted by Crippen LogP contribution is -2.05. The van der Waals surface area contributed by atoms with Gasteiger partial charge in [0.1, 0.15) is 5.82 Å². The van der Waals surface area contributed by atoms with Gasteiger partial charge >= 0.3 is 0 Å². The molecule has 21 heavy (non-hydrogen) atoms. The van der Waals surface area contributed by atoms with Crippen molar-refractivity contribution in [3.63, 3.8) is 0 Å². The number of imidazole rings is 1. The number of unbranched alkanes of at least 4 members (excludes halogenated alkanes) is 1. The number of benzene rings is 2. The summed E-state index contributed by atoms with van der Waals surface area (Å²) in [4.78, 5) is 4.80. The highest BCUT2D eigenvalue weighted by Gasteiger charge is 2.10. The van der Waals surface area contributed by atoms with E-state index in [1.807, 2.05) is 18.2 Å². The van der Waals surface area contributed by atoms with Crippen LogP contribution in [0.15, 0.2) is 48.5 Å². The first kappa shape index (κ1) is 14.2. The summed E-state index contributed by atoms with van der Waals surface area (Å²) in [6.45, 7) is 3.06. The molecule has 0 saturated carbocycles. The highest BCUT2D eigenvalue weighted by Crippen LogP contribution is 2.20. The molecule has 1 heterocycles. The van der Waals surface area contributed by atoms with Gasteiger partial charge in [-0.1, -0.05) is 49.2 Å². The molecule has 0 radical (unpaired) electrons. The van der Waals surface area contributed by atoms with Gasteiger partial charge in [0.2, 0.25) is 0 Å². The van der Waals surface area contributed by atoms with Crippen LogP contribution in [0.1, 0.15) is 31.2 Å². The Morgan fingerprint density at radius 1 is 1.05 bits per heavy atom. The molecule has 0 saturated heterocycles. The van der Waals surface area contributed by atoms with Gasteiger partial charge in [0, 0.05) is 18.0 Å². The van der Waals surface area contributed by atoms with E-state index in [1.54, 1.807) is 0 Å². The van der Waals surface area contributed by atoms with Crippen molar-refractivity contribution in [1.29, 1.82) is 0 Å². The molecule has 0 N–H and O–H groups in total. The monoisotopic (exact) mass is 298 g/mol. The zero-order valence-corrected chi connectivity index (χ0v) is 13.0. The lowest BCUT2D eigenvalue weighted by molar-refractivity contribution is 0.690. The van der Waals surface area contributed by atoms with E-state index in [0.29, 0.717) is 0 Å². The van der Waals surface area contributed by atoms with Gasteiger partial charge in [0.05, 0.1) is 11.0 Å². The van der Waals surface area contributed by atoms with Crippen molar-refractivity contribution in [2.45, 2.75) is 32.7 Å². The molecule has 0 atom stereocenters. The first-order valence-electron chi connectivity index (χ1n) is 7.46. The number of fused-ring (bicyclic) bond motifs is 1. The van der Waals surface area contributed by atoms with Crippen LogP contribution in [-0.2, 0) is 13.0 Å². The lowest BCUT2D eigenvalue weighted by atomic mass is 10.2. The Kier molecular flexibility index (Phi) is 4.26. The summed E-state index contributed by atoms with van der Waals surface area (Å²) >= 11 is 5.97. The van der Waals surface area contributed by atoms with Gasteiger partial charge in [0.15, 0.2) is 0 Å². The number of rotatable bonds is 5. The van der Waals surface area contributed by atoms with E-state index in [2.05, 4.69) is 41.8 Å². The molecule has 0 bridgehead atoms. The van der Waals surface area contributed by atoms with Crippen molar-refractivity contribution in [3.05, 3.63) is 64.9 Å². The van der Waals surface area contributed by atoms with Crippen LogP contribution in [0.4, 0.5) is 0 Å². The number of nitrogens with zero attached hydrogens (tertiary/aromatic N) is 2. The number of para-hydroxylation sites is 2. The molecule has 108 valence electrons. The molecular formula is C18H19ClN2. The van der Waals surface area contributed by atoms with Crippen molar-refractivity contribution < 1.29 is 0 Å². The smallest absolute Gasteiger partial charge is 0.110 e. The maximum absolute atomic E-state index is 5.97. The molecule has 0 aliphatic heterocycles. The van der Waals surface area contributed by atoms with Gasteiger partial charge in [0.25, 0.3) is 0 Å². The summed E-state index contributed by atoms with van der Waals surface area (Å²) in [6, 6.07) is 16.4. The molecule has 0 aliphatic rings. The van der Waals surface area contributed by atoms with Gasteiger partial charge in [-0.2, -0.15) is 0 Å². The summed E-state index contributed by atoms with van der Waals surface area (Å²) in [5.74, 6) is 1.17. The molecule has 0 amide bonds. The van der Waals surface area contributed by atoms with E-state index in [0.717, 1.165) is 23.5 Å². The van der Waals surface area contributed by atoms with Crippen LogP contribution < -0.4 is 0 Å². The average Bonchev–Trinajstić information content (AvgIpc) is 2.85. The van der Waals surface area contributed by atoms with Crippen LogP contribution in [0.3, 0.4) is 0 Å². The molecule has 1 aromatic heterocycles. The van der Waals surface area contributed by atoms with Gasteiger partial charge in [-0.3, -0.25) is 0 Å². The van der Waals surface area contributed by atoms with E-state index in [-0.39, 0.29) is 0 Å². The Bertz CT molecular complexity index is 729. The van der Waals surface area contributed by atoms with Crippen molar-refractivity contribution >= 4 is 22.6 Å². The number of halogens is 1. The second-order valence-electron chi connectivity index (χ2n) is 5.33. The Hall–Kier alpha value is -1.80. The van der Waals surface area contributed by atoms with Crippen LogP contribution in [0.5, 0.6) is 0 Å². The topological polar surface area (TPSA) is 17.8 Å². The van der Waals surface area contributed by atoms with Crippen LogP contribution in [0, 0.1) is 0 Å². The molecule has 0 unspecified atom stereocenters. The molecule has 3 rings (SSSR count). The number of hydrogen-bond acceptors (Lipinski definition) is 1. The van der Waals surface area contributed by atoms with E-state index < -0.39 is 0 Å². The summed E-state index contributed by atoms with van der Waals surface area (Å²) < 4.78 is 2.33. The third kappa shape index (κ3) is 3.11. The summed E-state index contributed by atoms with van der Waals surface area (Å²) in [7, 11) is 0.